The fraction of sp³-hybridized carbons (Fsp3) is 0.143. The van der Waals surface area contributed by atoms with Crippen molar-refractivity contribution in [3.8, 4) is 17.6 Å². The first-order chi connectivity index (χ1) is 13.4. The number of nitrogens with zero attached hydrogens (tertiary/aromatic N) is 1. The Morgan fingerprint density at radius 2 is 2.07 bits per heavy atom. The Kier molecular flexibility index (Phi) is 6.02. The zero-order valence-corrected chi connectivity index (χ0v) is 17.3. The first-order valence-electron chi connectivity index (χ1n) is 8.29. The number of hydrogen-bond acceptors (Lipinski definition) is 5. The molecule has 142 valence electrons. The molecule has 1 aromatic heterocycles. The quantitative estimate of drug-likeness (QED) is 0.517. The van der Waals surface area contributed by atoms with Gasteiger partial charge < -0.3 is 14.6 Å². The van der Waals surface area contributed by atoms with Crippen LogP contribution in [-0.2, 0) is 17.0 Å². The number of carbonyl (C=O) groups is 1. The van der Waals surface area contributed by atoms with Gasteiger partial charge >= 0.3 is 5.97 Å². The van der Waals surface area contributed by atoms with E-state index in [2.05, 4.69) is 15.9 Å². The van der Waals surface area contributed by atoms with E-state index in [1.54, 1.807) is 53.8 Å². The standard InChI is InChI=1S/C21H16BrNO4S/c1-21(20(24)25,17-4-2-3-5-18(17)22)27-19-10-16(7-6-15(19)11-23)26-12-14-8-9-28-13-14/h2-10,13H,12H2,1H3,(H,24,25). The lowest BCUT2D eigenvalue weighted by atomic mass is 9.95. The molecule has 0 saturated heterocycles. The van der Waals surface area contributed by atoms with E-state index in [1.807, 2.05) is 22.9 Å². The van der Waals surface area contributed by atoms with Crippen LogP contribution < -0.4 is 9.47 Å². The minimum atomic E-state index is -1.70. The molecule has 3 aromatic rings. The van der Waals surface area contributed by atoms with E-state index in [0.29, 0.717) is 22.4 Å². The van der Waals surface area contributed by atoms with Gasteiger partial charge in [0.25, 0.3) is 0 Å². The maximum absolute atomic E-state index is 12.1. The van der Waals surface area contributed by atoms with Gasteiger partial charge in [-0.3, -0.25) is 0 Å². The van der Waals surface area contributed by atoms with Crippen LogP contribution in [0.2, 0.25) is 0 Å². The molecule has 1 unspecified atom stereocenters. The number of aliphatic carboxylic acids is 1. The van der Waals surface area contributed by atoms with E-state index in [0.717, 1.165) is 5.56 Å². The zero-order chi connectivity index (χ0) is 20.1. The van der Waals surface area contributed by atoms with Crippen LogP contribution in [0.5, 0.6) is 11.5 Å². The summed E-state index contributed by atoms with van der Waals surface area (Å²) in [5, 5.41) is 23.2. The number of rotatable bonds is 7. The van der Waals surface area contributed by atoms with Crippen molar-refractivity contribution in [2.75, 3.05) is 0 Å². The molecule has 1 N–H and O–H groups in total. The molecule has 5 nitrogen and oxygen atoms in total. The van der Waals surface area contributed by atoms with Gasteiger partial charge in [-0.1, -0.05) is 34.1 Å². The number of ether oxygens (including phenoxy) is 2. The highest BCUT2D eigenvalue weighted by molar-refractivity contribution is 9.10. The molecule has 0 amide bonds. The highest BCUT2D eigenvalue weighted by atomic mass is 79.9. The maximum atomic E-state index is 12.1. The SMILES string of the molecule is CC(Oc1cc(OCc2ccsc2)ccc1C#N)(C(=O)O)c1ccccc1Br. The van der Waals surface area contributed by atoms with E-state index < -0.39 is 11.6 Å². The molecule has 0 aliphatic heterocycles. The number of carboxylic acids is 1. The molecule has 7 heteroatoms. The van der Waals surface area contributed by atoms with E-state index in [1.165, 1.54) is 6.92 Å². The molecule has 3 rings (SSSR count). The molecular formula is C21H16BrNO4S. The summed E-state index contributed by atoms with van der Waals surface area (Å²) in [6, 6.07) is 15.7. The molecule has 0 fully saturated rings. The number of benzene rings is 2. The Hall–Kier alpha value is -2.82. The molecule has 0 aliphatic rings. The summed E-state index contributed by atoms with van der Waals surface area (Å²) in [7, 11) is 0. The van der Waals surface area contributed by atoms with E-state index in [9.17, 15) is 15.2 Å². The van der Waals surface area contributed by atoms with Gasteiger partial charge in [-0.2, -0.15) is 16.6 Å². The lowest BCUT2D eigenvalue weighted by molar-refractivity contribution is -0.154. The minimum Gasteiger partial charge on any atom is -0.489 e. The Bertz CT molecular complexity index is 1030. The monoisotopic (exact) mass is 457 g/mol. The number of nitriles is 1. The topological polar surface area (TPSA) is 79.5 Å². The van der Waals surface area contributed by atoms with Crippen molar-refractivity contribution in [1.29, 1.82) is 5.26 Å². The van der Waals surface area contributed by atoms with Crippen LogP contribution in [0.15, 0.2) is 63.8 Å². The molecule has 0 radical (unpaired) electrons. The van der Waals surface area contributed by atoms with E-state index in [-0.39, 0.29) is 11.3 Å². The molecule has 0 bridgehead atoms. The lowest BCUT2D eigenvalue weighted by Crippen LogP contribution is -2.39. The van der Waals surface area contributed by atoms with Crippen molar-refractivity contribution in [1.82, 2.24) is 0 Å². The van der Waals surface area contributed by atoms with Crippen molar-refractivity contribution in [2.24, 2.45) is 0 Å². The second kappa shape index (κ2) is 8.46. The smallest absolute Gasteiger partial charge is 0.352 e. The molecular weight excluding hydrogens is 442 g/mol. The first-order valence-corrected chi connectivity index (χ1v) is 10.0. The summed E-state index contributed by atoms with van der Waals surface area (Å²) in [5.41, 5.74) is -0.00340. The van der Waals surface area contributed by atoms with Crippen molar-refractivity contribution in [2.45, 2.75) is 19.1 Å². The molecule has 2 aromatic carbocycles. The summed E-state index contributed by atoms with van der Waals surface area (Å²) in [6.07, 6.45) is 0. The number of thiophene rings is 1. The normalized spacial score (nSPS) is 12.6. The summed E-state index contributed by atoms with van der Waals surface area (Å²) >= 11 is 4.96. The van der Waals surface area contributed by atoms with Crippen molar-refractivity contribution < 1.29 is 19.4 Å². The molecule has 0 aliphatic carbocycles. The van der Waals surface area contributed by atoms with Crippen molar-refractivity contribution in [3.63, 3.8) is 0 Å². The summed E-state index contributed by atoms with van der Waals surface area (Å²) < 4.78 is 12.3. The summed E-state index contributed by atoms with van der Waals surface area (Å²) in [5.74, 6) is -0.543. The van der Waals surface area contributed by atoms with Crippen LogP contribution in [0.1, 0.15) is 23.6 Å². The van der Waals surface area contributed by atoms with E-state index in [4.69, 9.17) is 9.47 Å². The van der Waals surface area contributed by atoms with Crippen molar-refractivity contribution in [3.05, 3.63) is 80.5 Å². The molecule has 1 atom stereocenters. The Labute approximate surface area is 174 Å². The highest BCUT2D eigenvalue weighted by Gasteiger charge is 2.40. The highest BCUT2D eigenvalue weighted by Crippen LogP contribution is 2.36. The predicted molar refractivity (Wildman–Crippen MR) is 110 cm³/mol. The van der Waals surface area contributed by atoms with Gasteiger partial charge in [0.1, 0.15) is 24.2 Å². The van der Waals surface area contributed by atoms with Crippen LogP contribution in [0.3, 0.4) is 0 Å². The Balaban J connectivity index is 1.94. The third kappa shape index (κ3) is 4.19. The number of carboxylic acid groups (broad SMARTS) is 1. The first kappa shape index (κ1) is 19.9. The van der Waals surface area contributed by atoms with Crippen LogP contribution in [0, 0.1) is 11.3 Å². The van der Waals surface area contributed by atoms with Gasteiger partial charge in [-0.05, 0) is 47.5 Å². The average molecular weight is 458 g/mol. The minimum absolute atomic E-state index is 0.144. The van der Waals surface area contributed by atoms with Gasteiger partial charge in [0.15, 0.2) is 0 Å². The molecule has 0 spiro atoms. The summed E-state index contributed by atoms with van der Waals surface area (Å²) in [4.78, 5) is 12.1. The third-order valence-electron chi connectivity index (χ3n) is 4.17. The van der Waals surface area contributed by atoms with Crippen LogP contribution >= 0.6 is 27.3 Å². The fourth-order valence-electron chi connectivity index (χ4n) is 2.59. The van der Waals surface area contributed by atoms with Gasteiger partial charge in [-0.25, -0.2) is 4.79 Å². The fourth-order valence-corrected chi connectivity index (χ4v) is 3.91. The maximum Gasteiger partial charge on any atom is 0.352 e. The van der Waals surface area contributed by atoms with E-state index >= 15 is 0 Å². The molecule has 28 heavy (non-hydrogen) atoms. The van der Waals surface area contributed by atoms with Crippen LogP contribution in [-0.4, -0.2) is 11.1 Å². The Morgan fingerprint density at radius 1 is 1.29 bits per heavy atom. The third-order valence-corrected chi connectivity index (χ3v) is 5.59. The Morgan fingerprint density at radius 3 is 2.71 bits per heavy atom. The van der Waals surface area contributed by atoms with Crippen molar-refractivity contribution >= 4 is 33.2 Å². The largest absolute Gasteiger partial charge is 0.489 e. The second-order valence-electron chi connectivity index (χ2n) is 6.11. The summed E-state index contributed by atoms with van der Waals surface area (Å²) in [6.45, 7) is 1.82. The number of hydrogen-bond donors (Lipinski definition) is 1. The molecule has 0 saturated carbocycles. The van der Waals surface area contributed by atoms with Gasteiger partial charge in [0.2, 0.25) is 5.60 Å². The van der Waals surface area contributed by atoms with Gasteiger partial charge in [-0.15, -0.1) is 0 Å². The second-order valence-corrected chi connectivity index (χ2v) is 7.74. The average Bonchev–Trinajstić information content (AvgIpc) is 3.20. The predicted octanol–water partition coefficient (Wildman–Crippen LogP) is 5.34. The van der Waals surface area contributed by atoms with Gasteiger partial charge in [0, 0.05) is 16.1 Å². The number of halogens is 1. The lowest BCUT2D eigenvalue weighted by Gasteiger charge is -2.28. The van der Waals surface area contributed by atoms with Crippen LogP contribution in [0.4, 0.5) is 0 Å². The van der Waals surface area contributed by atoms with Crippen LogP contribution in [0.25, 0.3) is 0 Å². The van der Waals surface area contributed by atoms with Gasteiger partial charge in [0.05, 0.1) is 5.56 Å². The molecule has 1 heterocycles. The zero-order valence-electron chi connectivity index (χ0n) is 14.9.